The number of benzene rings is 2. The lowest BCUT2D eigenvalue weighted by Crippen LogP contribution is -2.57. The Balaban J connectivity index is 1.95. The van der Waals surface area contributed by atoms with Crippen LogP contribution < -0.4 is 4.74 Å². The molecule has 174 valence electrons. The molecule has 0 aliphatic carbocycles. The summed E-state index contributed by atoms with van der Waals surface area (Å²) in [5.74, 6) is -3.35. The quantitative estimate of drug-likeness (QED) is 0.565. The minimum atomic E-state index is -4.28. The van der Waals surface area contributed by atoms with Crippen molar-refractivity contribution in [2.24, 2.45) is 5.92 Å². The second kappa shape index (κ2) is 8.34. The predicted molar refractivity (Wildman–Crippen MR) is 117 cm³/mol. The van der Waals surface area contributed by atoms with Gasteiger partial charge in [-0.1, -0.05) is 15.9 Å². The van der Waals surface area contributed by atoms with Crippen molar-refractivity contribution in [2.75, 3.05) is 25.2 Å². The van der Waals surface area contributed by atoms with E-state index in [9.17, 15) is 21.2 Å². The maximum absolute atomic E-state index is 15.2. The Morgan fingerprint density at radius 3 is 2.38 bits per heavy atom. The van der Waals surface area contributed by atoms with Gasteiger partial charge in [-0.05, 0) is 49.2 Å². The minimum Gasteiger partial charge on any atom is -0.490 e. The zero-order valence-electron chi connectivity index (χ0n) is 17.1. The zero-order valence-corrected chi connectivity index (χ0v) is 20.3. The summed E-state index contributed by atoms with van der Waals surface area (Å²) < 4.78 is 91.6. The Morgan fingerprint density at radius 1 is 1.06 bits per heavy atom. The van der Waals surface area contributed by atoms with Crippen molar-refractivity contribution in [1.29, 1.82) is 0 Å². The van der Waals surface area contributed by atoms with Crippen molar-refractivity contribution in [1.82, 2.24) is 0 Å². The van der Waals surface area contributed by atoms with Gasteiger partial charge in [-0.25, -0.2) is 25.6 Å². The van der Waals surface area contributed by atoms with E-state index in [-0.39, 0.29) is 42.3 Å². The second-order valence-corrected chi connectivity index (χ2v) is 13.5. The number of fused-ring (bicyclic) bond motifs is 3. The van der Waals surface area contributed by atoms with Crippen LogP contribution in [-0.4, -0.2) is 48.2 Å². The fourth-order valence-corrected chi connectivity index (χ4v) is 7.93. The Bertz CT molecular complexity index is 1250. The number of rotatable bonds is 5. The van der Waals surface area contributed by atoms with E-state index in [1.807, 2.05) is 0 Å². The van der Waals surface area contributed by atoms with Crippen molar-refractivity contribution >= 4 is 35.6 Å². The summed E-state index contributed by atoms with van der Waals surface area (Å²) in [6.45, 7) is -0.312. The molecule has 3 atom stereocenters. The van der Waals surface area contributed by atoms with Crippen LogP contribution >= 0.6 is 15.9 Å². The summed E-state index contributed by atoms with van der Waals surface area (Å²) >= 11 is 3.27. The highest BCUT2D eigenvalue weighted by molar-refractivity contribution is 9.10. The molecular formula is C21H21BrF2O6S2. The standard InChI is InChI=1S/C21H21BrF2O6S2/c1-31(25,26)11-8-18-15-12-30-20-17(24)7-6-16(23)19(20)21(15,9-10-29-18)32(27,28)14-4-2-13(22)3-5-14/h2-7,15,18H,8-12H2,1H3/t15?,18-,21-/m0/s1. The van der Waals surface area contributed by atoms with Crippen LogP contribution in [0.2, 0.25) is 0 Å². The summed E-state index contributed by atoms with van der Waals surface area (Å²) in [5, 5.41) is 0. The molecule has 0 radical (unpaired) electrons. The summed E-state index contributed by atoms with van der Waals surface area (Å²) in [7, 11) is -7.64. The van der Waals surface area contributed by atoms with Gasteiger partial charge in [-0.15, -0.1) is 0 Å². The molecule has 0 aromatic heterocycles. The average Bonchev–Trinajstić information content (AvgIpc) is 2.73. The lowest BCUT2D eigenvalue weighted by molar-refractivity contribution is -0.0732. The zero-order chi connectivity index (χ0) is 23.3. The van der Waals surface area contributed by atoms with Crippen LogP contribution in [0.25, 0.3) is 0 Å². The monoisotopic (exact) mass is 550 g/mol. The first-order chi connectivity index (χ1) is 15.0. The van der Waals surface area contributed by atoms with Gasteiger partial charge >= 0.3 is 0 Å². The summed E-state index contributed by atoms with van der Waals surface area (Å²) in [4.78, 5) is -0.0500. The lowest BCUT2D eigenvalue weighted by atomic mass is 9.75. The first kappa shape index (κ1) is 23.6. The third kappa shape index (κ3) is 3.86. The number of halogens is 3. The van der Waals surface area contributed by atoms with Crippen molar-refractivity contribution in [3.63, 3.8) is 0 Å². The summed E-state index contributed by atoms with van der Waals surface area (Å²) in [6, 6.07) is 7.70. The molecule has 4 rings (SSSR count). The van der Waals surface area contributed by atoms with Gasteiger partial charge in [0.25, 0.3) is 0 Å². The van der Waals surface area contributed by atoms with E-state index >= 15 is 4.39 Å². The molecule has 1 saturated heterocycles. The van der Waals surface area contributed by atoms with E-state index in [0.717, 1.165) is 18.4 Å². The highest BCUT2D eigenvalue weighted by Gasteiger charge is 2.61. The van der Waals surface area contributed by atoms with Crippen LogP contribution in [0, 0.1) is 17.6 Å². The van der Waals surface area contributed by atoms with Crippen molar-refractivity contribution < 1.29 is 35.1 Å². The number of ether oxygens (including phenoxy) is 2. The van der Waals surface area contributed by atoms with Gasteiger partial charge in [0, 0.05) is 23.3 Å². The third-order valence-corrected chi connectivity index (χ3v) is 10.2. The van der Waals surface area contributed by atoms with E-state index in [1.54, 1.807) is 12.1 Å². The van der Waals surface area contributed by atoms with Gasteiger partial charge in [-0.3, -0.25) is 0 Å². The Labute approximate surface area is 193 Å². The summed E-state index contributed by atoms with van der Waals surface area (Å²) in [6.07, 6.45) is 0.127. The van der Waals surface area contributed by atoms with Gasteiger partial charge in [0.1, 0.15) is 20.4 Å². The topological polar surface area (TPSA) is 86.7 Å². The molecule has 2 aromatic carbocycles. The van der Waals surface area contributed by atoms with E-state index in [2.05, 4.69) is 15.9 Å². The molecule has 0 amide bonds. The average molecular weight is 551 g/mol. The molecule has 0 N–H and O–H groups in total. The van der Waals surface area contributed by atoms with Crippen molar-refractivity contribution in [3.8, 4) is 5.75 Å². The van der Waals surface area contributed by atoms with Crippen LogP contribution in [0.1, 0.15) is 18.4 Å². The van der Waals surface area contributed by atoms with E-state index in [0.29, 0.717) is 4.47 Å². The fourth-order valence-electron chi connectivity index (χ4n) is 4.66. The van der Waals surface area contributed by atoms with Gasteiger partial charge in [0.2, 0.25) is 0 Å². The van der Waals surface area contributed by atoms with Crippen LogP contribution in [-0.2, 0) is 29.2 Å². The molecule has 0 saturated carbocycles. The van der Waals surface area contributed by atoms with Gasteiger partial charge in [-0.2, -0.15) is 0 Å². The SMILES string of the molecule is CS(=O)(=O)CC[C@@H]1OCC[C@@]2(S(=O)(=O)c3ccc(Br)cc3)c3c(F)ccc(F)c3OCC12. The smallest absolute Gasteiger partial charge is 0.189 e. The molecule has 2 aliphatic rings. The van der Waals surface area contributed by atoms with Crippen LogP contribution in [0.4, 0.5) is 8.78 Å². The number of sulfone groups is 2. The number of hydrogen-bond donors (Lipinski definition) is 0. The molecule has 0 bridgehead atoms. The Kier molecular flexibility index (Phi) is 6.15. The molecule has 0 spiro atoms. The maximum atomic E-state index is 15.2. The predicted octanol–water partition coefficient (Wildman–Crippen LogP) is 3.63. The molecule has 1 unspecified atom stereocenters. The highest BCUT2D eigenvalue weighted by Crippen LogP contribution is 2.55. The van der Waals surface area contributed by atoms with E-state index in [4.69, 9.17) is 9.47 Å². The van der Waals surface area contributed by atoms with E-state index in [1.165, 1.54) is 12.1 Å². The molecular weight excluding hydrogens is 530 g/mol. The molecule has 32 heavy (non-hydrogen) atoms. The van der Waals surface area contributed by atoms with Gasteiger partial charge < -0.3 is 9.47 Å². The molecule has 2 heterocycles. The largest absolute Gasteiger partial charge is 0.490 e. The van der Waals surface area contributed by atoms with E-state index < -0.39 is 53.8 Å². The van der Waals surface area contributed by atoms with Crippen LogP contribution in [0.15, 0.2) is 45.8 Å². The van der Waals surface area contributed by atoms with Crippen molar-refractivity contribution in [3.05, 3.63) is 58.1 Å². The first-order valence-electron chi connectivity index (χ1n) is 9.88. The van der Waals surface area contributed by atoms with Crippen molar-refractivity contribution in [2.45, 2.75) is 28.6 Å². The molecule has 11 heteroatoms. The minimum absolute atomic E-state index is 0.0107. The normalized spacial score (nSPS) is 25.5. The maximum Gasteiger partial charge on any atom is 0.189 e. The number of hydrogen-bond acceptors (Lipinski definition) is 6. The fraction of sp³-hybridized carbons (Fsp3) is 0.429. The van der Waals surface area contributed by atoms with Gasteiger partial charge in [0.15, 0.2) is 21.4 Å². The molecule has 6 nitrogen and oxygen atoms in total. The Morgan fingerprint density at radius 2 is 1.72 bits per heavy atom. The lowest BCUT2D eigenvalue weighted by Gasteiger charge is -2.50. The third-order valence-electron chi connectivity index (χ3n) is 6.12. The second-order valence-electron chi connectivity index (χ2n) is 8.08. The highest BCUT2D eigenvalue weighted by atomic mass is 79.9. The Hall–Kier alpha value is -1.56. The molecule has 2 aromatic rings. The molecule has 2 aliphatic heterocycles. The van der Waals surface area contributed by atoms with Crippen LogP contribution in [0.3, 0.4) is 0 Å². The first-order valence-corrected chi connectivity index (χ1v) is 14.2. The summed E-state index contributed by atoms with van der Waals surface area (Å²) in [5.41, 5.74) is -0.357. The van der Waals surface area contributed by atoms with Gasteiger partial charge in [0.05, 0.1) is 28.9 Å². The molecule has 1 fully saturated rings. The van der Waals surface area contributed by atoms with Crippen LogP contribution in [0.5, 0.6) is 5.75 Å².